The molecule has 1 atom stereocenters. The maximum atomic E-state index is 12.3. The van der Waals surface area contributed by atoms with Crippen LogP contribution in [0.25, 0.3) is 0 Å². The van der Waals surface area contributed by atoms with Crippen molar-refractivity contribution in [2.45, 2.75) is 51.5 Å². The lowest BCUT2D eigenvalue weighted by atomic mass is 10.2. The average Bonchev–Trinajstić information content (AvgIpc) is 3.12. The molecule has 1 fully saturated rings. The smallest absolute Gasteiger partial charge is 0.303 e. The van der Waals surface area contributed by atoms with E-state index in [2.05, 4.69) is 46.4 Å². The number of likely N-dealkylation sites (tertiary alicyclic amines) is 1. The summed E-state index contributed by atoms with van der Waals surface area (Å²) < 4.78 is 0. The quantitative estimate of drug-likeness (QED) is 0.237. The third-order valence-electron chi connectivity index (χ3n) is 5.56. The number of carbonyl (C=O) groups is 3. The number of carboxylic acid groups (broad SMARTS) is 1. The molecule has 1 aliphatic rings. The number of nitrogens with one attached hydrogen (secondary N) is 2. The molecular weight excluding hydrogens is 389 g/mol. The van der Waals surface area contributed by atoms with Crippen molar-refractivity contribution >= 4 is 17.8 Å². The largest absolute Gasteiger partial charge is 0.481 e. The van der Waals surface area contributed by atoms with E-state index in [1.165, 1.54) is 0 Å². The van der Waals surface area contributed by atoms with Crippen LogP contribution in [-0.2, 0) is 14.4 Å². The van der Waals surface area contributed by atoms with Gasteiger partial charge >= 0.3 is 5.97 Å². The van der Waals surface area contributed by atoms with E-state index in [9.17, 15) is 14.4 Å². The number of hydrogen-bond donors (Lipinski definition) is 3. The van der Waals surface area contributed by atoms with Crippen molar-refractivity contribution in [3.05, 3.63) is 0 Å². The number of rotatable bonds is 16. The molecule has 1 unspecified atom stereocenters. The summed E-state index contributed by atoms with van der Waals surface area (Å²) in [6.07, 6.45) is 3.65. The van der Waals surface area contributed by atoms with E-state index in [1.807, 2.05) is 0 Å². The Balaban J connectivity index is 2.16. The molecule has 174 valence electrons. The first-order valence-corrected chi connectivity index (χ1v) is 11.2. The van der Waals surface area contributed by atoms with Crippen molar-refractivity contribution < 1.29 is 19.5 Å². The Morgan fingerprint density at radius 2 is 1.63 bits per heavy atom. The monoisotopic (exact) mass is 430 g/mol. The van der Waals surface area contributed by atoms with Gasteiger partial charge < -0.3 is 25.5 Å². The maximum absolute atomic E-state index is 12.3. The van der Waals surface area contributed by atoms with Gasteiger partial charge in [0.25, 0.3) is 0 Å². The summed E-state index contributed by atoms with van der Waals surface area (Å²) in [5.74, 6) is -0.953. The highest BCUT2D eigenvalue weighted by Gasteiger charge is 2.27. The van der Waals surface area contributed by atoms with Crippen LogP contribution in [0, 0.1) is 0 Å². The molecule has 1 rings (SSSR count). The van der Waals surface area contributed by atoms with E-state index in [1.54, 1.807) is 0 Å². The van der Waals surface area contributed by atoms with E-state index in [0.29, 0.717) is 44.9 Å². The molecule has 0 aromatic heterocycles. The van der Waals surface area contributed by atoms with Gasteiger partial charge in [-0.25, -0.2) is 0 Å². The number of aliphatic carboxylic acids is 1. The summed E-state index contributed by atoms with van der Waals surface area (Å²) in [6.45, 7) is 8.48. The summed E-state index contributed by atoms with van der Waals surface area (Å²) >= 11 is 0. The molecule has 0 bridgehead atoms. The third kappa shape index (κ3) is 12.1. The Bertz CT molecular complexity index is 532. The zero-order chi connectivity index (χ0) is 22.4. The minimum atomic E-state index is -0.858. The van der Waals surface area contributed by atoms with Crippen molar-refractivity contribution in [3.63, 3.8) is 0 Å². The lowest BCUT2D eigenvalue weighted by Gasteiger charge is -2.29. The van der Waals surface area contributed by atoms with E-state index in [4.69, 9.17) is 5.11 Å². The van der Waals surface area contributed by atoms with Crippen molar-refractivity contribution in [3.8, 4) is 0 Å². The fraction of sp³-hybridized carbons (Fsp3) is 0.857. The molecule has 0 aliphatic carbocycles. The Hall–Kier alpha value is -1.71. The first-order chi connectivity index (χ1) is 14.3. The van der Waals surface area contributed by atoms with Gasteiger partial charge in [0, 0.05) is 51.6 Å². The molecule has 9 heteroatoms. The van der Waals surface area contributed by atoms with E-state index < -0.39 is 5.97 Å². The highest BCUT2D eigenvalue weighted by atomic mass is 16.4. The maximum Gasteiger partial charge on any atom is 0.303 e. The summed E-state index contributed by atoms with van der Waals surface area (Å²) in [5, 5.41) is 14.2. The SMILES string of the molecule is [13CH3]CN([13CH3])CCN([13CH3])CC1CCCN1CC(=O)NCCCC(=O)NCCCC(=O)O. The first kappa shape index (κ1) is 26.3. The van der Waals surface area contributed by atoms with Gasteiger partial charge in [0.15, 0.2) is 0 Å². The Labute approximate surface area is 181 Å². The Morgan fingerprint density at radius 1 is 1.00 bits per heavy atom. The molecule has 0 radical (unpaired) electrons. The van der Waals surface area contributed by atoms with Crippen molar-refractivity contribution in [1.29, 1.82) is 0 Å². The third-order valence-corrected chi connectivity index (χ3v) is 5.56. The molecule has 1 heterocycles. The van der Waals surface area contributed by atoms with E-state index in [-0.39, 0.29) is 18.2 Å². The van der Waals surface area contributed by atoms with Crippen LogP contribution in [0.5, 0.6) is 0 Å². The summed E-state index contributed by atoms with van der Waals surface area (Å²) in [4.78, 5) is 41.3. The van der Waals surface area contributed by atoms with Crippen LogP contribution in [0.15, 0.2) is 0 Å². The van der Waals surface area contributed by atoms with Crippen molar-refractivity contribution in [2.24, 2.45) is 0 Å². The van der Waals surface area contributed by atoms with Crippen LogP contribution in [-0.4, -0.2) is 110 Å². The Morgan fingerprint density at radius 3 is 2.30 bits per heavy atom. The van der Waals surface area contributed by atoms with Crippen molar-refractivity contribution in [1.82, 2.24) is 25.3 Å². The van der Waals surface area contributed by atoms with Gasteiger partial charge in [-0.2, -0.15) is 0 Å². The topological polar surface area (TPSA) is 105 Å². The zero-order valence-electron chi connectivity index (χ0n) is 19.0. The minimum absolute atomic E-state index is 0.0112. The van der Waals surface area contributed by atoms with Gasteiger partial charge in [-0.05, 0) is 52.9 Å². The first-order valence-electron chi connectivity index (χ1n) is 11.2. The van der Waals surface area contributed by atoms with Gasteiger partial charge in [-0.15, -0.1) is 0 Å². The molecule has 9 nitrogen and oxygen atoms in total. The lowest BCUT2D eigenvalue weighted by Crippen LogP contribution is -2.45. The second-order valence-corrected chi connectivity index (χ2v) is 8.23. The van der Waals surface area contributed by atoms with Crippen LogP contribution in [0.3, 0.4) is 0 Å². The fourth-order valence-corrected chi connectivity index (χ4v) is 3.53. The molecule has 1 saturated heterocycles. The highest BCUT2D eigenvalue weighted by Crippen LogP contribution is 2.17. The molecule has 0 aromatic carbocycles. The highest BCUT2D eigenvalue weighted by molar-refractivity contribution is 5.78. The minimum Gasteiger partial charge on any atom is -0.481 e. The predicted octanol–water partition coefficient (Wildman–Crippen LogP) is 0.212. The van der Waals surface area contributed by atoms with Crippen LogP contribution in [0.1, 0.15) is 45.4 Å². The normalized spacial score (nSPS) is 16.9. The molecule has 0 saturated carbocycles. The molecule has 30 heavy (non-hydrogen) atoms. The molecule has 0 aromatic rings. The molecule has 1 aliphatic heterocycles. The molecule has 3 N–H and O–H groups in total. The Kier molecular flexibility index (Phi) is 13.3. The van der Waals surface area contributed by atoms with Gasteiger partial charge in [0.05, 0.1) is 6.54 Å². The molecular formula is C21H41N5O4. The average molecular weight is 431 g/mol. The lowest BCUT2D eigenvalue weighted by molar-refractivity contribution is -0.137. The number of nitrogens with zero attached hydrogens (tertiary/aromatic N) is 3. The second-order valence-electron chi connectivity index (χ2n) is 8.23. The van der Waals surface area contributed by atoms with E-state index in [0.717, 1.165) is 45.6 Å². The van der Waals surface area contributed by atoms with Gasteiger partial charge in [-0.1, -0.05) is 6.92 Å². The summed E-state index contributed by atoms with van der Waals surface area (Å²) in [5.41, 5.74) is 0. The fourth-order valence-electron chi connectivity index (χ4n) is 3.53. The number of carbonyl (C=O) groups excluding carboxylic acids is 2. The van der Waals surface area contributed by atoms with Gasteiger partial charge in [0.2, 0.25) is 11.8 Å². The molecule has 2 amide bonds. The summed E-state index contributed by atoms with van der Waals surface area (Å²) in [6, 6.07) is 0.421. The number of likely N-dealkylation sites (N-methyl/N-ethyl adjacent to an activating group) is 2. The summed E-state index contributed by atoms with van der Waals surface area (Å²) in [7, 11) is 4.27. The van der Waals surface area contributed by atoms with E-state index >= 15 is 0 Å². The van der Waals surface area contributed by atoms with Gasteiger partial charge in [0.1, 0.15) is 0 Å². The van der Waals surface area contributed by atoms with Crippen molar-refractivity contribution in [2.75, 3.05) is 66.5 Å². The zero-order valence-corrected chi connectivity index (χ0v) is 19.0. The number of amides is 2. The van der Waals surface area contributed by atoms with Crippen LogP contribution < -0.4 is 10.6 Å². The molecule has 0 spiro atoms. The van der Waals surface area contributed by atoms with Crippen LogP contribution >= 0.6 is 0 Å². The van der Waals surface area contributed by atoms with Crippen LogP contribution in [0.4, 0.5) is 0 Å². The predicted molar refractivity (Wildman–Crippen MR) is 117 cm³/mol. The van der Waals surface area contributed by atoms with Crippen LogP contribution in [0.2, 0.25) is 0 Å². The van der Waals surface area contributed by atoms with Gasteiger partial charge in [-0.3, -0.25) is 19.3 Å². The second kappa shape index (κ2) is 15.1. The number of carboxylic acids is 1. The number of hydrogen-bond acceptors (Lipinski definition) is 6. The standard InChI is InChI=1S/C21H41N5O4/c1-4-24(2)14-15-25(3)16-18-8-7-13-26(18)17-20(28)23-11-5-9-19(27)22-12-6-10-21(29)30/h18H,4-17H2,1-3H3,(H,22,27)(H,23,28)(H,29,30)/i1+1,2+1,3+1.